The normalized spacial score (nSPS) is 15.6. The van der Waals surface area contributed by atoms with Crippen LogP contribution in [-0.2, 0) is 0 Å². The zero-order valence-electron chi connectivity index (χ0n) is 11.8. The fraction of sp³-hybridized carbons (Fsp3) is 0.500. The van der Waals surface area contributed by atoms with Crippen molar-refractivity contribution in [2.24, 2.45) is 0 Å². The SMILES string of the molecule is CCSc1nc(N2CCCCC2)c2cc(C(=O)O)sc2n1. The van der Waals surface area contributed by atoms with Crippen LogP contribution < -0.4 is 4.90 Å². The molecule has 0 aromatic carbocycles. The molecule has 0 amide bonds. The Morgan fingerprint density at radius 1 is 1.38 bits per heavy atom. The minimum Gasteiger partial charge on any atom is -0.477 e. The fourth-order valence-electron chi connectivity index (χ4n) is 2.53. The van der Waals surface area contributed by atoms with E-state index in [4.69, 9.17) is 0 Å². The highest BCUT2D eigenvalue weighted by atomic mass is 32.2. The molecule has 0 aliphatic carbocycles. The second-order valence-corrected chi connectivity index (χ2v) is 7.21. The molecule has 0 radical (unpaired) electrons. The molecule has 0 saturated carbocycles. The van der Waals surface area contributed by atoms with Crippen LogP contribution in [0.3, 0.4) is 0 Å². The molecule has 0 bridgehead atoms. The molecule has 7 heteroatoms. The number of anilines is 1. The van der Waals surface area contributed by atoms with E-state index in [1.807, 2.05) is 0 Å². The molecular weight excluding hydrogens is 306 g/mol. The van der Waals surface area contributed by atoms with Crippen LogP contribution in [0.2, 0.25) is 0 Å². The summed E-state index contributed by atoms with van der Waals surface area (Å²) in [5, 5.41) is 10.8. The van der Waals surface area contributed by atoms with E-state index in [1.165, 1.54) is 17.8 Å². The van der Waals surface area contributed by atoms with E-state index in [9.17, 15) is 9.90 Å². The maximum Gasteiger partial charge on any atom is 0.345 e. The third-order valence-electron chi connectivity index (χ3n) is 3.49. The largest absolute Gasteiger partial charge is 0.477 e. The van der Waals surface area contributed by atoms with Crippen LogP contribution in [-0.4, -0.2) is 39.9 Å². The van der Waals surface area contributed by atoms with Gasteiger partial charge in [0.05, 0.1) is 5.39 Å². The van der Waals surface area contributed by atoms with Gasteiger partial charge in [0.1, 0.15) is 15.5 Å². The summed E-state index contributed by atoms with van der Waals surface area (Å²) < 4.78 is 0. The molecule has 1 fully saturated rings. The van der Waals surface area contributed by atoms with Gasteiger partial charge in [-0.15, -0.1) is 11.3 Å². The first-order valence-corrected chi connectivity index (χ1v) is 8.92. The lowest BCUT2D eigenvalue weighted by molar-refractivity contribution is 0.0702. The highest BCUT2D eigenvalue weighted by Crippen LogP contribution is 2.34. The Labute approximate surface area is 131 Å². The second kappa shape index (κ2) is 6.19. The van der Waals surface area contributed by atoms with Crippen molar-refractivity contribution >= 4 is 45.1 Å². The number of piperidine rings is 1. The van der Waals surface area contributed by atoms with Crippen LogP contribution in [0.1, 0.15) is 35.9 Å². The fourth-order valence-corrected chi connectivity index (χ4v) is 4.02. The second-order valence-electron chi connectivity index (χ2n) is 4.95. The van der Waals surface area contributed by atoms with Crippen molar-refractivity contribution in [2.45, 2.75) is 31.3 Å². The van der Waals surface area contributed by atoms with Gasteiger partial charge in [0.2, 0.25) is 0 Å². The zero-order chi connectivity index (χ0) is 14.8. The predicted molar refractivity (Wildman–Crippen MR) is 86.8 cm³/mol. The van der Waals surface area contributed by atoms with Crippen molar-refractivity contribution in [1.29, 1.82) is 0 Å². The molecule has 3 rings (SSSR count). The quantitative estimate of drug-likeness (QED) is 0.686. The molecule has 1 saturated heterocycles. The van der Waals surface area contributed by atoms with Crippen molar-refractivity contribution in [3.63, 3.8) is 0 Å². The molecule has 0 atom stereocenters. The number of carboxylic acids is 1. The first-order chi connectivity index (χ1) is 10.2. The number of aromatic carboxylic acids is 1. The number of carbonyl (C=O) groups is 1. The number of thiophene rings is 1. The first kappa shape index (κ1) is 14.6. The Hall–Kier alpha value is -1.34. The van der Waals surface area contributed by atoms with Gasteiger partial charge in [-0.2, -0.15) is 0 Å². The highest BCUT2D eigenvalue weighted by molar-refractivity contribution is 7.99. The van der Waals surface area contributed by atoms with Gasteiger partial charge >= 0.3 is 5.97 Å². The van der Waals surface area contributed by atoms with Crippen molar-refractivity contribution in [3.8, 4) is 0 Å². The summed E-state index contributed by atoms with van der Waals surface area (Å²) in [7, 11) is 0. The first-order valence-electron chi connectivity index (χ1n) is 7.11. The predicted octanol–water partition coefficient (Wildman–Crippen LogP) is 3.49. The lowest BCUT2D eigenvalue weighted by Gasteiger charge is -2.28. The summed E-state index contributed by atoms with van der Waals surface area (Å²) in [6, 6.07) is 1.71. The smallest absolute Gasteiger partial charge is 0.345 e. The topological polar surface area (TPSA) is 66.3 Å². The molecule has 1 aliphatic rings. The van der Waals surface area contributed by atoms with Crippen LogP contribution in [0.25, 0.3) is 10.2 Å². The molecule has 112 valence electrons. The third kappa shape index (κ3) is 2.98. The van der Waals surface area contributed by atoms with Gasteiger partial charge in [0.15, 0.2) is 5.16 Å². The van der Waals surface area contributed by atoms with E-state index in [0.717, 1.165) is 52.9 Å². The number of nitrogens with zero attached hydrogens (tertiary/aromatic N) is 3. The van der Waals surface area contributed by atoms with Gasteiger partial charge in [-0.3, -0.25) is 0 Å². The van der Waals surface area contributed by atoms with Crippen LogP contribution in [0.5, 0.6) is 0 Å². The summed E-state index contributed by atoms with van der Waals surface area (Å²) in [4.78, 5) is 23.8. The molecule has 1 N–H and O–H groups in total. The lowest BCUT2D eigenvalue weighted by atomic mass is 10.1. The molecule has 2 aromatic rings. The number of rotatable bonds is 4. The number of carboxylic acid groups (broad SMARTS) is 1. The van der Waals surface area contributed by atoms with Crippen molar-refractivity contribution in [2.75, 3.05) is 23.7 Å². The Morgan fingerprint density at radius 2 is 2.14 bits per heavy atom. The minimum absolute atomic E-state index is 0.330. The van der Waals surface area contributed by atoms with E-state index in [-0.39, 0.29) is 0 Å². The van der Waals surface area contributed by atoms with Crippen LogP contribution in [0, 0.1) is 0 Å². The van der Waals surface area contributed by atoms with E-state index < -0.39 is 5.97 Å². The van der Waals surface area contributed by atoms with Gasteiger partial charge in [-0.25, -0.2) is 14.8 Å². The van der Waals surface area contributed by atoms with Gasteiger partial charge in [0, 0.05) is 13.1 Å². The average Bonchev–Trinajstić information content (AvgIpc) is 2.92. The van der Waals surface area contributed by atoms with Crippen molar-refractivity contribution < 1.29 is 9.90 Å². The zero-order valence-corrected chi connectivity index (χ0v) is 13.5. The molecule has 21 heavy (non-hydrogen) atoms. The van der Waals surface area contributed by atoms with E-state index in [2.05, 4.69) is 21.8 Å². The Morgan fingerprint density at radius 3 is 2.81 bits per heavy atom. The van der Waals surface area contributed by atoms with Gasteiger partial charge in [0.25, 0.3) is 0 Å². The third-order valence-corrected chi connectivity index (χ3v) is 5.24. The number of aromatic nitrogens is 2. The van der Waals surface area contributed by atoms with E-state index in [1.54, 1.807) is 17.8 Å². The number of thioether (sulfide) groups is 1. The van der Waals surface area contributed by atoms with Gasteiger partial charge in [-0.05, 0) is 31.1 Å². The number of hydrogen-bond acceptors (Lipinski definition) is 6. The standard InChI is InChI=1S/C14H17N3O2S2/c1-2-20-14-15-11(17-6-4-3-5-7-17)9-8-10(13(18)19)21-12(9)16-14/h8H,2-7H2,1H3,(H,18,19). The minimum atomic E-state index is -0.896. The lowest BCUT2D eigenvalue weighted by Crippen LogP contribution is -2.30. The maximum absolute atomic E-state index is 11.2. The Balaban J connectivity index is 2.11. The van der Waals surface area contributed by atoms with Crippen LogP contribution >= 0.6 is 23.1 Å². The summed E-state index contributed by atoms with van der Waals surface area (Å²) >= 11 is 2.83. The summed E-state index contributed by atoms with van der Waals surface area (Å²) in [5.41, 5.74) is 0. The maximum atomic E-state index is 11.2. The van der Waals surface area contributed by atoms with Gasteiger partial charge < -0.3 is 10.0 Å². The van der Waals surface area contributed by atoms with Crippen LogP contribution in [0.15, 0.2) is 11.2 Å². The monoisotopic (exact) mass is 323 g/mol. The summed E-state index contributed by atoms with van der Waals surface area (Å²) in [6.45, 7) is 4.04. The average molecular weight is 323 g/mol. The van der Waals surface area contributed by atoms with Crippen molar-refractivity contribution in [3.05, 3.63) is 10.9 Å². The number of fused-ring (bicyclic) bond motifs is 1. The molecule has 1 aliphatic heterocycles. The van der Waals surface area contributed by atoms with Gasteiger partial charge in [-0.1, -0.05) is 18.7 Å². The van der Waals surface area contributed by atoms with Crippen LogP contribution in [0.4, 0.5) is 5.82 Å². The molecule has 0 spiro atoms. The molecule has 5 nitrogen and oxygen atoms in total. The highest BCUT2D eigenvalue weighted by Gasteiger charge is 2.20. The Kier molecular flexibility index (Phi) is 4.30. The Bertz CT molecular complexity index is 666. The summed E-state index contributed by atoms with van der Waals surface area (Å²) in [5.74, 6) is 0.911. The van der Waals surface area contributed by atoms with Crippen molar-refractivity contribution in [1.82, 2.24) is 9.97 Å². The summed E-state index contributed by atoms with van der Waals surface area (Å²) in [6.07, 6.45) is 3.58. The van der Waals surface area contributed by atoms with E-state index in [0.29, 0.717) is 4.88 Å². The number of hydrogen-bond donors (Lipinski definition) is 1. The molecular formula is C14H17N3O2S2. The molecule has 3 heterocycles. The molecule has 2 aromatic heterocycles. The molecule has 0 unspecified atom stereocenters. The van der Waals surface area contributed by atoms with E-state index >= 15 is 0 Å².